The minimum atomic E-state index is -0.675. The lowest BCUT2D eigenvalue weighted by atomic mass is 10.0. The molecule has 1 N–H and O–H groups in total. The van der Waals surface area contributed by atoms with E-state index in [2.05, 4.69) is 4.98 Å². The van der Waals surface area contributed by atoms with Gasteiger partial charge in [0.25, 0.3) is 0 Å². The second-order valence-corrected chi connectivity index (χ2v) is 4.90. The molecule has 0 bridgehead atoms. The summed E-state index contributed by atoms with van der Waals surface area (Å²) in [5, 5.41) is 11.4. The number of hydrogen-bond acceptors (Lipinski definition) is 3. The van der Waals surface area contributed by atoms with Crippen LogP contribution in [-0.2, 0) is 4.74 Å². The van der Waals surface area contributed by atoms with Gasteiger partial charge in [0.05, 0.1) is 12.1 Å². The Labute approximate surface area is 112 Å². The molecular weight excluding hydrogens is 238 g/mol. The van der Waals surface area contributed by atoms with E-state index < -0.39 is 6.10 Å². The Hall–Kier alpha value is -1.87. The Bertz CT molecular complexity index is 634. The van der Waals surface area contributed by atoms with E-state index in [1.54, 1.807) is 0 Å². The summed E-state index contributed by atoms with van der Waals surface area (Å²) in [6.07, 6.45) is 3.30. The van der Waals surface area contributed by atoms with Crippen molar-refractivity contribution in [2.45, 2.75) is 25.9 Å². The predicted octanol–water partition coefficient (Wildman–Crippen LogP) is 3.27. The van der Waals surface area contributed by atoms with Crippen LogP contribution in [0.3, 0.4) is 0 Å². The lowest BCUT2D eigenvalue weighted by Crippen LogP contribution is -2.09. The summed E-state index contributed by atoms with van der Waals surface area (Å²) in [4.78, 5) is 4.46. The summed E-state index contributed by atoms with van der Waals surface area (Å²) in [6, 6.07) is 9.85. The number of pyridine rings is 1. The van der Waals surface area contributed by atoms with Gasteiger partial charge in [0.15, 0.2) is 0 Å². The number of rotatable bonds is 2. The van der Waals surface area contributed by atoms with Crippen LogP contribution in [0.15, 0.2) is 42.2 Å². The number of aliphatic hydroxyl groups excluding tert-OH is 1. The maximum Gasteiger partial charge on any atom is 0.136 e. The summed E-state index contributed by atoms with van der Waals surface area (Å²) in [5.74, 6) is 0.672. The van der Waals surface area contributed by atoms with Crippen LogP contribution >= 0.6 is 0 Å². The van der Waals surface area contributed by atoms with Crippen LogP contribution in [0.5, 0.6) is 0 Å². The summed E-state index contributed by atoms with van der Waals surface area (Å²) in [5.41, 5.74) is 2.81. The Morgan fingerprint density at radius 3 is 2.95 bits per heavy atom. The molecule has 0 saturated carbocycles. The molecule has 0 fully saturated rings. The molecule has 1 aromatic heterocycles. The summed E-state index contributed by atoms with van der Waals surface area (Å²) < 4.78 is 5.52. The molecule has 0 saturated heterocycles. The number of fused-ring (bicyclic) bond motifs is 1. The van der Waals surface area contributed by atoms with E-state index in [0.717, 1.165) is 35.0 Å². The van der Waals surface area contributed by atoms with Gasteiger partial charge >= 0.3 is 0 Å². The van der Waals surface area contributed by atoms with Crippen LogP contribution in [0.2, 0.25) is 0 Å². The number of aryl methyl sites for hydroxylation is 1. The number of nitrogens with zero attached hydrogens (tertiary/aromatic N) is 1. The van der Waals surface area contributed by atoms with E-state index in [9.17, 15) is 5.11 Å². The summed E-state index contributed by atoms with van der Waals surface area (Å²) in [6.45, 7) is 2.67. The van der Waals surface area contributed by atoms with Gasteiger partial charge in [-0.05, 0) is 49.6 Å². The maximum absolute atomic E-state index is 10.3. The molecule has 0 radical (unpaired) electrons. The van der Waals surface area contributed by atoms with Gasteiger partial charge in [-0.3, -0.25) is 4.98 Å². The number of aliphatic hydroxyl groups is 1. The van der Waals surface area contributed by atoms with Crippen LogP contribution in [0.4, 0.5) is 0 Å². The van der Waals surface area contributed by atoms with Crippen molar-refractivity contribution in [1.29, 1.82) is 0 Å². The van der Waals surface area contributed by atoms with Gasteiger partial charge in [0.1, 0.15) is 11.9 Å². The van der Waals surface area contributed by atoms with Crippen LogP contribution in [0, 0.1) is 6.92 Å². The average Bonchev–Trinajstić information content (AvgIpc) is 2.47. The molecule has 3 rings (SSSR count). The first-order valence-corrected chi connectivity index (χ1v) is 6.62. The van der Waals surface area contributed by atoms with Crippen LogP contribution in [-0.4, -0.2) is 16.7 Å². The molecule has 0 spiro atoms. The average molecular weight is 255 g/mol. The zero-order valence-corrected chi connectivity index (χ0v) is 11.0. The van der Waals surface area contributed by atoms with Gasteiger partial charge < -0.3 is 9.84 Å². The third-order valence-electron chi connectivity index (χ3n) is 3.40. The van der Waals surface area contributed by atoms with Gasteiger partial charge in [-0.25, -0.2) is 0 Å². The van der Waals surface area contributed by atoms with Crippen molar-refractivity contribution in [2.24, 2.45) is 0 Å². The molecule has 2 heterocycles. The molecule has 98 valence electrons. The Morgan fingerprint density at radius 1 is 1.26 bits per heavy atom. The van der Waals surface area contributed by atoms with Crippen molar-refractivity contribution in [2.75, 3.05) is 6.61 Å². The highest BCUT2D eigenvalue weighted by atomic mass is 16.5. The third kappa shape index (κ3) is 2.47. The Morgan fingerprint density at radius 2 is 2.16 bits per heavy atom. The SMILES string of the molecule is Cc1ccc2cc(C(O)C3=CCCCO3)ccc2n1. The van der Waals surface area contributed by atoms with Gasteiger partial charge in [0.2, 0.25) is 0 Å². The first-order chi connectivity index (χ1) is 9.24. The maximum atomic E-state index is 10.3. The number of allylic oxidation sites excluding steroid dienone is 1. The minimum absolute atomic E-state index is 0.672. The van der Waals surface area contributed by atoms with Crippen molar-refractivity contribution in [1.82, 2.24) is 4.98 Å². The Balaban J connectivity index is 1.96. The van der Waals surface area contributed by atoms with Gasteiger partial charge in [0, 0.05) is 11.1 Å². The second kappa shape index (κ2) is 5.02. The molecule has 1 aromatic carbocycles. The quantitative estimate of drug-likeness (QED) is 0.895. The largest absolute Gasteiger partial charge is 0.495 e. The molecule has 3 heteroatoms. The van der Waals surface area contributed by atoms with Crippen LogP contribution < -0.4 is 0 Å². The lowest BCUT2D eigenvalue weighted by Gasteiger charge is -2.20. The van der Waals surface area contributed by atoms with Crippen LogP contribution in [0.25, 0.3) is 10.9 Å². The monoisotopic (exact) mass is 255 g/mol. The normalized spacial score (nSPS) is 16.8. The summed E-state index contributed by atoms with van der Waals surface area (Å²) >= 11 is 0. The van der Waals surface area contributed by atoms with Gasteiger partial charge in [-0.2, -0.15) is 0 Å². The van der Waals surface area contributed by atoms with Crippen molar-refractivity contribution in [3.63, 3.8) is 0 Å². The molecule has 2 aromatic rings. The fourth-order valence-corrected chi connectivity index (χ4v) is 2.35. The number of hydrogen-bond donors (Lipinski definition) is 1. The van der Waals surface area contributed by atoms with E-state index in [1.807, 2.05) is 43.3 Å². The smallest absolute Gasteiger partial charge is 0.136 e. The summed E-state index contributed by atoms with van der Waals surface area (Å²) in [7, 11) is 0. The van der Waals surface area contributed by atoms with Crippen molar-refractivity contribution < 1.29 is 9.84 Å². The van der Waals surface area contributed by atoms with E-state index in [1.165, 1.54) is 0 Å². The molecule has 0 amide bonds. The van der Waals surface area contributed by atoms with Crippen molar-refractivity contribution >= 4 is 10.9 Å². The molecule has 1 atom stereocenters. The topological polar surface area (TPSA) is 42.4 Å². The highest BCUT2D eigenvalue weighted by Crippen LogP contribution is 2.27. The molecule has 1 aliphatic heterocycles. The van der Waals surface area contributed by atoms with Gasteiger partial charge in [-0.15, -0.1) is 0 Å². The third-order valence-corrected chi connectivity index (χ3v) is 3.40. The van der Waals surface area contributed by atoms with E-state index in [4.69, 9.17) is 4.74 Å². The van der Waals surface area contributed by atoms with Crippen LogP contribution in [0.1, 0.15) is 30.2 Å². The van der Waals surface area contributed by atoms with E-state index in [0.29, 0.717) is 12.4 Å². The molecule has 1 aliphatic rings. The highest BCUT2D eigenvalue weighted by Gasteiger charge is 2.17. The molecule has 3 nitrogen and oxygen atoms in total. The number of benzene rings is 1. The zero-order chi connectivity index (χ0) is 13.2. The fourth-order valence-electron chi connectivity index (χ4n) is 2.35. The van der Waals surface area contributed by atoms with Crippen molar-refractivity contribution in [3.05, 3.63) is 53.4 Å². The fraction of sp³-hybridized carbons (Fsp3) is 0.312. The lowest BCUT2D eigenvalue weighted by molar-refractivity contribution is 0.0919. The standard InChI is InChI=1S/C16H17NO2/c1-11-5-6-12-10-13(7-8-14(12)17-11)16(18)15-4-2-3-9-19-15/h4-8,10,16,18H,2-3,9H2,1H3. The van der Waals surface area contributed by atoms with Gasteiger partial charge in [-0.1, -0.05) is 12.1 Å². The second-order valence-electron chi connectivity index (χ2n) is 4.90. The first kappa shape index (κ1) is 12.2. The van der Waals surface area contributed by atoms with E-state index >= 15 is 0 Å². The number of aromatic nitrogens is 1. The highest BCUT2D eigenvalue weighted by molar-refractivity contribution is 5.79. The molecular formula is C16H17NO2. The predicted molar refractivity (Wildman–Crippen MR) is 74.7 cm³/mol. The minimum Gasteiger partial charge on any atom is -0.495 e. The molecule has 0 aliphatic carbocycles. The zero-order valence-electron chi connectivity index (χ0n) is 11.0. The van der Waals surface area contributed by atoms with Crippen molar-refractivity contribution in [3.8, 4) is 0 Å². The number of ether oxygens (including phenoxy) is 1. The molecule has 19 heavy (non-hydrogen) atoms. The molecule has 1 unspecified atom stereocenters. The first-order valence-electron chi connectivity index (χ1n) is 6.62. The van der Waals surface area contributed by atoms with E-state index in [-0.39, 0.29) is 0 Å². The Kier molecular flexibility index (Phi) is 3.22.